The molecule has 1 aliphatic heterocycles. The number of nitrogens with zero attached hydrogens (tertiary/aromatic N) is 1. The summed E-state index contributed by atoms with van der Waals surface area (Å²) >= 11 is 5.75. The lowest BCUT2D eigenvalue weighted by Gasteiger charge is -2.10. The Balaban J connectivity index is 2.76. The predicted octanol–water partition coefficient (Wildman–Crippen LogP) is 3.14. The summed E-state index contributed by atoms with van der Waals surface area (Å²) in [7, 11) is 0. The molecule has 0 aromatic rings. The lowest BCUT2D eigenvalue weighted by molar-refractivity contribution is 0.249. The molecular weight excluding hydrogens is 198 g/mol. The molecule has 0 saturated carbocycles. The summed E-state index contributed by atoms with van der Waals surface area (Å²) in [6, 6.07) is 0. The summed E-state index contributed by atoms with van der Waals surface area (Å²) in [5, 5.41) is 0. The van der Waals surface area contributed by atoms with Crippen LogP contribution in [0.25, 0.3) is 0 Å². The van der Waals surface area contributed by atoms with Crippen LogP contribution in [-0.2, 0) is 4.74 Å². The molecule has 0 bridgehead atoms. The Morgan fingerprint density at radius 2 is 2.43 bits per heavy atom. The van der Waals surface area contributed by atoms with E-state index >= 15 is 0 Å². The summed E-state index contributed by atoms with van der Waals surface area (Å²) in [6.07, 6.45) is 6.88. The topological polar surface area (TPSA) is 21.6 Å². The largest absolute Gasteiger partial charge is 0.493 e. The molecule has 0 aromatic heterocycles. The van der Waals surface area contributed by atoms with Crippen molar-refractivity contribution in [3.63, 3.8) is 0 Å². The highest BCUT2D eigenvalue weighted by Crippen LogP contribution is 2.15. The van der Waals surface area contributed by atoms with E-state index in [0.717, 1.165) is 17.9 Å². The highest BCUT2D eigenvalue weighted by atomic mass is 35.5. The Labute approximate surface area is 90.3 Å². The zero-order valence-corrected chi connectivity index (χ0v) is 9.42. The Kier molecular flexibility index (Phi) is 4.74. The molecule has 0 N–H and O–H groups in total. The van der Waals surface area contributed by atoms with Crippen LogP contribution in [0.3, 0.4) is 0 Å². The fraction of sp³-hybridized carbons (Fsp3) is 0.545. The van der Waals surface area contributed by atoms with Crippen LogP contribution in [0.4, 0.5) is 0 Å². The second-order valence-electron chi connectivity index (χ2n) is 3.30. The first-order valence-electron chi connectivity index (χ1n) is 4.90. The highest BCUT2D eigenvalue weighted by molar-refractivity contribution is 6.19. The van der Waals surface area contributed by atoms with Gasteiger partial charge in [0, 0.05) is 0 Å². The molecule has 0 saturated heterocycles. The van der Waals surface area contributed by atoms with Gasteiger partial charge in [-0.25, -0.2) is 0 Å². The minimum atomic E-state index is 0.459. The van der Waals surface area contributed by atoms with Crippen LogP contribution in [0, 0.1) is 5.92 Å². The van der Waals surface area contributed by atoms with Crippen molar-refractivity contribution < 1.29 is 4.74 Å². The van der Waals surface area contributed by atoms with E-state index in [1.165, 1.54) is 0 Å². The zero-order valence-electron chi connectivity index (χ0n) is 8.66. The molecule has 0 aliphatic carbocycles. The number of halogens is 1. The van der Waals surface area contributed by atoms with Gasteiger partial charge in [-0.05, 0) is 25.3 Å². The lowest BCUT2D eigenvalue weighted by atomic mass is 10.1. The highest BCUT2D eigenvalue weighted by Gasteiger charge is 2.04. The average molecular weight is 214 g/mol. The molecule has 1 atom stereocenters. The maximum absolute atomic E-state index is 5.75. The zero-order chi connectivity index (χ0) is 10.4. The SMILES string of the molecule is CCOC1=CCC(C)/C=C(\CCl)N=C1. The van der Waals surface area contributed by atoms with E-state index in [2.05, 4.69) is 24.1 Å². The third-order valence-corrected chi connectivity index (χ3v) is 2.25. The van der Waals surface area contributed by atoms with Crippen LogP contribution >= 0.6 is 11.6 Å². The maximum atomic E-state index is 5.75. The molecule has 1 heterocycles. The summed E-state index contributed by atoms with van der Waals surface area (Å²) in [5.74, 6) is 1.77. The van der Waals surface area contributed by atoms with Crippen LogP contribution in [0.5, 0.6) is 0 Å². The fourth-order valence-electron chi connectivity index (χ4n) is 1.28. The molecule has 1 aliphatic rings. The lowest BCUT2D eigenvalue weighted by Crippen LogP contribution is -2.00. The van der Waals surface area contributed by atoms with E-state index in [1.807, 2.05) is 6.92 Å². The van der Waals surface area contributed by atoms with Crippen molar-refractivity contribution in [2.24, 2.45) is 10.9 Å². The Hall–Kier alpha value is -0.760. The molecule has 0 radical (unpaired) electrons. The van der Waals surface area contributed by atoms with E-state index in [-0.39, 0.29) is 0 Å². The number of alkyl halides is 1. The smallest absolute Gasteiger partial charge is 0.133 e. The van der Waals surface area contributed by atoms with Gasteiger partial charge in [-0.2, -0.15) is 0 Å². The third-order valence-electron chi connectivity index (χ3n) is 1.97. The molecule has 0 fully saturated rings. The van der Waals surface area contributed by atoms with Crippen LogP contribution in [0.15, 0.2) is 28.6 Å². The van der Waals surface area contributed by atoms with E-state index in [1.54, 1.807) is 6.21 Å². The van der Waals surface area contributed by atoms with Crippen molar-refractivity contribution in [3.05, 3.63) is 23.6 Å². The van der Waals surface area contributed by atoms with Gasteiger partial charge >= 0.3 is 0 Å². The third kappa shape index (κ3) is 3.54. The molecular formula is C11H16ClNO. The van der Waals surface area contributed by atoms with Gasteiger partial charge in [-0.1, -0.05) is 13.0 Å². The molecule has 0 amide bonds. The molecule has 0 aromatic carbocycles. The van der Waals surface area contributed by atoms with Crippen LogP contribution in [0.1, 0.15) is 20.3 Å². The van der Waals surface area contributed by atoms with Crippen molar-refractivity contribution in [1.29, 1.82) is 0 Å². The predicted molar refractivity (Wildman–Crippen MR) is 60.8 cm³/mol. The van der Waals surface area contributed by atoms with Crippen molar-refractivity contribution in [1.82, 2.24) is 0 Å². The summed E-state index contributed by atoms with van der Waals surface area (Å²) in [6.45, 7) is 4.79. The van der Waals surface area contributed by atoms with Gasteiger partial charge in [0.05, 0.1) is 24.4 Å². The first-order valence-corrected chi connectivity index (χ1v) is 5.43. The minimum absolute atomic E-state index is 0.459. The first kappa shape index (κ1) is 11.3. The molecule has 0 spiro atoms. The van der Waals surface area contributed by atoms with E-state index < -0.39 is 0 Å². The van der Waals surface area contributed by atoms with E-state index in [9.17, 15) is 0 Å². The average Bonchev–Trinajstić information content (AvgIpc) is 2.17. The van der Waals surface area contributed by atoms with Crippen molar-refractivity contribution >= 4 is 17.8 Å². The van der Waals surface area contributed by atoms with Crippen LogP contribution in [-0.4, -0.2) is 18.7 Å². The summed E-state index contributed by atoms with van der Waals surface area (Å²) in [4.78, 5) is 4.26. The Morgan fingerprint density at radius 1 is 1.64 bits per heavy atom. The molecule has 1 unspecified atom stereocenters. The Morgan fingerprint density at radius 3 is 3.07 bits per heavy atom. The number of rotatable bonds is 3. The summed E-state index contributed by atoms with van der Waals surface area (Å²) in [5.41, 5.74) is 0.921. The van der Waals surface area contributed by atoms with Crippen LogP contribution < -0.4 is 0 Å². The van der Waals surface area contributed by atoms with Gasteiger partial charge in [0.2, 0.25) is 0 Å². The van der Waals surface area contributed by atoms with Crippen molar-refractivity contribution in [3.8, 4) is 0 Å². The summed E-state index contributed by atoms with van der Waals surface area (Å²) < 4.78 is 5.40. The number of allylic oxidation sites excluding steroid dienone is 4. The molecule has 14 heavy (non-hydrogen) atoms. The minimum Gasteiger partial charge on any atom is -0.493 e. The monoisotopic (exact) mass is 213 g/mol. The number of ether oxygens (including phenoxy) is 1. The maximum Gasteiger partial charge on any atom is 0.133 e. The van der Waals surface area contributed by atoms with Gasteiger partial charge < -0.3 is 4.74 Å². The van der Waals surface area contributed by atoms with E-state index in [4.69, 9.17) is 16.3 Å². The first-order chi connectivity index (χ1) is 6.76. The number of hydrogen-bond acceptors (Lipinski definition) is 2. The number of aliphatic imine (C=N–C) groups is 1. The van der Waals surface area contributed by atoms with Gasteiger partial charge in [-0.3, -0.25) is 4.99 Å². The second kappa shape index (κ2) is 5.86. The molecule has 2 nitrogen and oxygen atoms in total. The molecule has 3 heteroatoms. The van der Waals surface area contributed by atoms with Gasteiger partial charge in [0.15, 0.2) is 0 Å². The molecule has 78 valence electrons. The number of hydrogen-bond donors (Lipinski definition) is 0. The van der Waals surface area contributed by atoms with Crippen LogP contribution in [0.2, 0.25) is 0 Å². The van der Waals surface area contributed by atoms with Gasteiger partial charge in [0.1, 0.15) is 5.76 Å². The van der Waals surface area contributed by atoms with Crippen molar-refractivity contribution in [2.75, 3.05) is 12.5 Å². The Bertz CT molecular complexity index is 268. The fourth-order valence-corrected chi connectivity index (χ4v) is 1.44. The quantitative estimate of drug-likeness (QED) is 0.660. The van der Waals surface area contributed by atoms with Gasteiger partial charge in [-0.15, -0.1) is 11.6 Å². The normalized spacial score (nSPS) is 25.8. The molecule has 1 rings (SSSR count). The second-order valence-corrected chi connectivity index (χ2v) is 3.57. The van der Waals surface area contributed by atoms with Crippen molar-refractivity contribution in [2.45, 2.75) is 20.3 Å². The van der Waals surface area contributed by atoms with E-state index in [0.29, 0.717) is 18.4 Å². The standard InChI is InChI=1S/C11H16ClNO/c1-3-14-11-5-4-9(2)6-10(7-12)13-8-11/h5-6,8-9H,3-4,7H2,1-2H3/b10-6+,11-5?,13-8?. The van der Waals surface area contributed by atoms with Gasteiger partial charge in [0.25, 0.3) is 0 Å².